The summed E-state index contributed by atoms with van der Waals surface area (Å²) < 4.78 is 2.23. The van der Waals surface area contributed by atoms with E-state index in [1.165, 1.54) is 4.88 Å². The third-order valence-corrected chi connectivity index (χ3v) is 4.06. The van der Waals surface area contributed by atoms with E-state index < -0.39 is 0 Å². The molecule has 1 N–H and O–H groups in total. The quantitative estimate of drug-likeness (QED) is 0.775. The van der Waals surface area contributed by atoms with Gasteiger partial charge in [0.2, 0.25) is 0 Å². The first-order valence-electron chi connectivity index (χ1n) is 6.46. The van der Waals surface area contributed by atoms with Gasteiger partial charge in [-0.1, -0.05) is 18.2 Å². The summed E-state index contributed by atoms with van der Waals surface area (Å²) in [5.41, 5.74) is 2.19. The fraction of sp³-hybridized carbons (Fsp3) is 0.267. The summed E-state index contributed by atoms with van der Waals surface area (Å²) in [6, 6.07) is 12.4. The minimum Gasteiger partial charge on any atom is -0.396 e. The topological polar surface area (TPSA) is 38.0 Å². The Hall–Kier alpha value is -1.65. The summed E-state index contributed by atoms with van der Waals surface area (Å²) >= 11 is 1.76. The predicted molar refractivity (Wildman–Crippen MR) is 78.6 cm³/mol. The lowest BCUT2D eigenvalue weighted by atomic mass is 10.3. The second-order valence-electron chi connectivity index (χ2n) is 4.50. The molecule has 4 heteroatoms. The van der Waals surface area contributed by atoms with Crippen molar-refractivity contribution < 1.29 is 5.11 Å². The number of imidazole rings is 1. The van der Waals surface area contributed by atoms with Crippen LogP contribution in [0.4, 0.5) is 0 Å². The van der Waals surface area contributed by atoms with Crippen LogP contribution in [0, 0.1) is 0 Å². The molecule has 3 rings (SSSR count). The normalized spacial score (nSPS) is 11.2. The molecule has 0 amide bonds. The first-order chi connectivity index (χ1) is 9.38. The smallest absolute Gasteiger partial charge is 0.115 e. The molecule has 3 nitrogen and oxygen atoms in total. The van der Waals surface area contributed by atoms with Crippen LogP contribution >= 0.6 is 11.3 Å². The van der Waals surface area contributed by atoms with Crippen molar-refractivity contribution in [2.45, 2.75) is 19.4 Å². The van der Waals surface area contributed by atoms with E-state index in [0.29, 0.717) is 0 Å². The van der Waals surface area contributed by atoms with Crippen LogP contribution in [0.25, 0.3) is 11.0 Å². The van der Waals surface area contributed by atoms with Crippen LogP contribution < -0.4 is 0 Å². The number of hydrogen-bond acceptors (Lipinski definition) is 3. The molecule has 0 fully saturated rings. The molecule has 2 aromatic heterocycles. The second-order valence-corrected chi connectivity index (χ2v) is 5.53. The maximum absolute atomic E-state index is 9.05. The highest BCUT2D eigenvalue weighted by Crippen LogP contribution is 2.20. The Labute approximate surface area is 116 Å². The van der Waals surface area contributed by atoms with Crippen molar-refractivity contribution in [1.29, 1.82) is 0 Å². The first-order valence-corrected chi connectivity index (χ1v) is 7.34. The molecule has 98 valence electrons. The fourth-order valence-corrected chi connectivity index (χ4v) is 3.01. The van der Waals surface area contributed by atoms with Crippen molar-refractivity contribution >= 4 is 22.4 Å². The summed E-state index contributed by atoms with van der Waals surface area (Å²) in [5.74, 6) is 1.08. The number of thiophene rings is 1. The number of aliphatic hydroxyl groups excluding tert-OH is 1. The fourth-order valence-electron chi connectivity index (χ4n) is 2.31. The SMILES string of the molecule is OCCCn1c(Cc2cccs2)nc2ccccc21. The average Bonchev–Trinajstić information content (AvgIpc) is 3.04. The van der Waals surface area contributed by atoms with E-state index in [-0.39, 0.29) is 6.61 Å². The van der Waals surface area contributed by atoms with Gasteiger partial charge in [-0.25, -0.2) is 4.98 Å². The van der Waals surface area contributed by atoms with Crippen LogP contribution in [0.5, 0.6) is 0 Å². The summed E-state index contributed by atoms with van der Waals surface area (Å²) in [6.07, 6.45) is 1.62. The lowest BCUT2D eigenvalue weighted by Gasteiger charge is -2.07. The molecule has 1 aromatic carbocycles. The monoisotopic (exact) mass is 272 g/mol. The Morgan fingerprint density at radius 2 is 2.05 bits per heavy atom. The Kier molecular flexibility index (Phi) is 3.62. The Morgan fingerprint density at radius 1 is 1.16 bits per heavy atom. The molecule has 0 radical (unpaired) electrons. The zero-order chi connectivity index (χ0) is 13.1. The van der Waals surface area contributed by atoms with Gasteiger partial charge in [-0.3, -0.25) is 0 Å². The molecule has 0 aliphatic rings. The van der Waals surface area contributed by atoms with E-state index in [4.69, 9.17) is 10.1 Å². The van der Waals surface area contributed by atoms with Crippen LogP contribution in [0.1, 0.15) is 17.1 Å². The Bertz CT molecular complexity index is 658. The lowest BCUT2D eigenvalue weighted by molar-refractivity contribution is 0.280. The first kappa shape index (κ1) is 12.4. The molecule has 0 aliphatic carbocycles. The number of benzene rings is 1. The lowest BCUT2D eigenvalue weighted by Crippen LogP contribution is -2.05. The van der Waals surface area contributed by atoms with Crippen LogP contribution in [0.15, 0.2) is 41.8 Å². The molecular weight excluding hydrogens is 256 g/mol. The van der Waals surface area contributed by atoms with Crippen LogP contribution in [0.3, 0.4) is 0 Å². The zero-order valence-corrected chi connectivity index (χ0v) is 11.4. The third kappa shape index (κ3) is 2.55. The van der Waals surface area contributed by atoms with Gasteiger partial charge < -0.3 is 9.67 Å². The van der Waals surface area contributed by atoms with Crippen LogP contribution in [0.2, 0.25) is 0 Å². The van der Waals surface area contributed by atoms with Crippen LogP contribution in [-0.4, -0.2) is 21.3 Å². The molecule has 19 heavy (non-hydrogen) atoms. The maximum atomic E-state index is 9.05. The largest absolute Gasteiger partial charge is 0.396 e. The number of aryl methyl sites for hydroxylation is 1. The predicted octanol–water partition coefficient (Wildman–Crippen LogP) is 3.07. The second kappa shape index (κ2) is 5.55. The number of para-hydroxylation sites is 2. The minimum atomic E-state index is 0.213. The molecule has 0 atom stereocenters. The average molecular weight is 272 g/mol. The van der Waals surface area contributed by atoms with Crippen molar-refractivity contribution in [3.05, 3.63) is 52.5 Å². The molecule has 0 unspecified atom stereocenters. The van der Waals surface area contributed by atoms with E-state index in [1.807, 2.05) is 18.2 Å². The highest BCUT2D eigenvalue weighted by atomic mass is 32.1. The van der Waals surface area contributed by atoms with E-state index in [1.54, 1.807) is 11.3 Å². The summed E-state index contributed by atoms with van der Waals surface area (Å²) in [6.45, 7) is 1.03. The van der Waals surface area contributed by atoms with Gasteiger partial charge in [0.25, 0.3) is 0 Å². The number of fused-ring (bicyclic) bond motifs is 1. The number of aromatic nitrogens is 2. The maximum Gasteiger partial charge on any atom is 0.115 e. The molecule has 0 aliphatic heterocycles. The molecular formula is C15H16N2OS. The molecule has 0 bridgehead atoms. The van der Waals surface area contributed by atoms with Crippen molar-refractivity contribution in [1.82, 2.24) is 9.55 Å². The number of nitrogens with zero attached hydrogens (tertiary/aromatic N) is 2. The highest BCUT2D eigenvalue weighted by Gasteiger charge is 2.10. The standard InChI is InChI=1S/C15H16N2OS/c18-9-4-8-17-14-7-2-1-6-13(14)16-15(17)11-12-5-3-10-19-12/h1-3,5-7,10,18H,4,8-9,11H2. The van der Waals surface area contributed by atoms with Gasteiger partial charge in [0.05, 0.1) is 11.0 Å². The number of hydrogen-bond donors (Lipinski definition) is 1. The van der Waals surface area contributed by atoms with Gasteiger partial charge in [-0.05, 0) is 30.0 Å². The van der Waals surface area contributed by atoms with Crippen molar-refractivity contribution in [3.63, 3.8) is 0 Å². The van der Waals surface area contributed by atoms with Crippen molar-refractivity contribution in [2.24, 2.45) is 0 Å². The van der Waals surface area contributed by atoms with Crippen LogP contribution in [-0.2, 0) is 13.0 Å². The van der Waals surface area contributed by atoms with Gasteiger partial charge >= 0.3 is 0 Å². The Balaban J connectivity index is 2.01. The zero-order valence-electron chi connectivity index (χ0n) is 10.6. The summed E-state index contributed by atoms with van der Waals surface area (Å²) in [4.78, 5) is 6.05. The van der Waals surface area contributed by atoms with Gasteiger partial charge in [0.15, 0.2) is 0 Å². The molecule has 2 heterocycles. The van der Waals surface area contributed by atoms with E-state index in [9.17, 15) is 0 Å². The van der Waals surface area contributed by atoms with Crippen molar-refractivity contribution in [2.75, 3.05) is 6.61 Å². The number of rotatable bonds is 5. The minimum absolute atomic E-state index is 0.213. The van der Waals surface area contributed by atoms with Gasteiger partial charge in [-0.2, -0.15) is 0 Å². The van der Waals surface area contributed by atoms with Gasteiger partial charge in [-0.15, -0.1) is 11.3 Å². The van der Waals surface area contributed by atoms with Gasteiger partial charge in [0.1, 0.15) is 5.82 Å². The van der Waals surface area contributed by atoms with Crippen molar-refractivity contribution in [3.8, 4) is 0 Å². The molecule has 0 spiro atoms. The van der Waals surface area contributed by atoms with E-state index >= 15 is 0 Å². The molecule has 0 saturated carbocycles. The summed E-state index contributed by atoms with van der Waals surface area (Å²) in [7, 11) is 0. The van der Waals surface area contributed by atoms with E-state index in [2.05, 4.69) is 28.1 Å². The number of aliphatic hydroxyl groups is 1. The van der Waals surface area contributed by atoms with Gasteiger partial charge in [0, 0.05) is 24.4 Å². The molecule has 0 saturated heterocycles. The highest BCUT2D eigenvalue weighted by molar-refractivity contribution is 7.09. The van der Waals surface area contributed by atoms with E-state index in [0.717, 1.165) is 36.2 Å². The third-order valence-electron chi connectivity index (χ3n) is 3.19. The summed E-state index contributed by atoms with van der Waals surface area (Å²) in [5, 5.41) is 11.1. The molecule has 3 aromatic rings. The Morgan fingerprint density at radius 3 is 2.84 bits per heavy atom.